The largest absolute Gasteiger partial charge is 0.299 e. The maximum Gasteiger partial charge on any atom is 0.146 e. The second-order valence-corrected chi connectivity index (χ2v) is 4.05. The van der Waals surface area contributed by atoms with E-state index in [2.05, 4.69) is 0 Å². The molecule has 0 spiro atoms. The molecule has 0 amide bonds. The summed E-state index contributed by atoms with van der Waals surface area (Å²) in [5.74, 6) is -0.316. The third-order valence-corrected chi connectivity index (χ3v) is 2.62. The van der Waals surface area contributed by atoms with Crippen LogP contribution < -0.4 is 0 Å². The van der Waals surface area contributed by atoms with Crippen molar-refractivity contribution in [2.75, 3.05) is 0 Å². The molecule has 0 saturated carbocycles. The number of allylic oxidation sites excluding steroid dienone is 2. The fourth-order valence-electron chi connectivity index (χ4n) is 1.50. The van der Waals surface area contributed by atoms with Crippen LogP contribution in [-0.2, 0) is 9.59 Å². The lowest BCUT2D eigenvalue weighted by Gasteiger charge is -2.13. The molecule has 0 aliphatic heterocycles. The SMILES string of the molecule is CC=CCC(C)C(=O)C(C)C(=O)CCC. The van der Waals surface area contributed by atoms with Crippen molar-refractivity contribution in [3.8, 4) is 0 Å². The van der Waals surface area contributed by atoms with E-state index in [1.54, 1.807) is 6.92 Å². The fraction of sp³-hybridized carbons (Fsp3) is 0.692. The van der Waals surface area contributed by atoms with Crippen LogP contribution in [0.25, 0.3) is 0 Å². The van der Waals surface area contributed by atoms with Crippen molar-refractivity contribution in [1.29, 1.82) is 0 Å². The van der Waals surface area contributed by atoms with Crippen molar-refractivity contribution < 1.29 is 9.59 Å². The van der Waals surface area contributed by atoms with Crippen LogP contribution in [0.4, 0.5) is 0 Å². The predicted molar refractivity (Wildman–Crippen MR) is 62.7 cm³/mol. The molecule has 15 heavy (non-hydrogen) atoms. The summed E-state index contributed by atoms with van der Waals surface area (Å²) in [6.07, 6.45) is 5.98. The van der Waals surface area contributed by atoms with E-state index in [-0.39, 0.29) is 17.5 Å². The normalized spacial score (nSPS) is 15.2. The van der Waals surface area contributed by atoms with Crippen molar-refractivity contribution in [3.05, 3.63) is 12.2 Å². The minimum atomic E-state index is -0.426. The van der Waals surface area contributed by atoms with Gasteiger partial charge in [0.15, 0.2) is 0 Å². The zero-order valence-electron chi connectivity index (χ0n) is 10.2. The van der Waals surface area contributed by atoms with E-state index in [0.29, 0.717) is 6.42 Å². The van der Waals surface area contributed by atoms with Gasteiger partial charge in [-0.05, 0) is 26.7 Å². The van der Waals surface area contributed by atoms with Gasteiger partial charge in [-0.3, -0.25) is 9.59 Å². The van der Waals surface area contributed by atoms with Crippen LogP contribution in [-0.4, -0.2) is 11.6 Å². The molecule has 2 atom stereocenters. The van der Waals surface area contributed by atoms with Gasteiger partial charge in [0, 0.05) is 12.3 Å². The van der Waals surface area contributed by atoms with Gasteiger partial charge in [0.1, 0.15) is 11.6 Å². The van der Waals surface area contributed by atoms with Gasteiger partial charge in [-0.1, -0.05) is 26.0 Å². The van der Waals surface area contributed by atoms with Gasteiger partial charge in [0.25, 0.3) is 0 Å². The second kappa shape index (κ2) is 7.38. The molecule has 0 aromatic rings. The minimum absolute atomic E-state index is 0.0444. The number of carbonyl (C=O) groups excluding carboxylic acids is 2. The van der Waals surface area contributed by atoms with Crippen molar-refractivity contribution >= 4 is 11.6 Å². The highest BCUT2D eigenvalue weighted by atomic mass is 16.1. The van der Waals surface area contributed by atoms with Gasteiger partial charge in [-0.2, -0.15) is 0 Å². The number of hydrogen-bond donors (Lipinski definition) is 0. The smallest absolute Gasteiger partial charge is 0.146 e. The van der Waals surface area contributed by atoms with Crippen LogP contribution in [0.5, 0.6) is 0 Å². The van der Waals surface area contributed by atoms with Gasteiger partial charge >= 0.3 is 0 Å². The van der Waals surface area contributed by atoms with E-state index in [9.17, 15) is 9.59 Å². The molecule has 0 fully saturated rings. The zero-order chi connectivity index (χ0) is 11.8. The Morgan fingerprint density at radius 1 is 1.27 bits per heavy atom. The van der Waals surface area contributed by atoms with Gasteiger partial charge < -0.3 is 0 Å². The maximum atomic E-state index is 11.8. The Bertz CT molecular complexity index is 241. The lowest BCUT2D eigenvalue weighted by atomic mass is 9.89. The molecule has 2 heteroatoms. The first-order valence-electron chi connectivity index (χ1n) is 5.72. The molecule has 0 N–H and O–H groups in total. The van der Waals surface area contributed by atoms with Crippen LogP contribution in [0.15, 0.2) is 12.2 Å². The van der Waals surface area contributed by atoms with Crippen LogP contribution >= 0.6 is 0 Å². The van der Waals surface area contributed by atoms with Crippen LogP contribution in [0.1, 0.15) is 47.0 Å². The molecule has 0 bridgehead atoms. The summed E-state index contributed by atoms with van der Waals surface area (Å²) in [5, 5.41) is 0. The Morgan fingerprint density at radius 2 is 1.87 bits per heavy atom. The highest BCUT2D eigenvalue weighted by Gasteiger charge is 2.24. The molecule has 0 aliphatic carbocycles. The lowest BCUT2D eigenvalue weighted by molar-refractivity contribution is -0.134. The topological polar surface area (TPSA) is 34.1 Å². The molecule has 0 aromatic heterocycles. The van der Waals surface area contributed by atoms with Gasteiger partial charge in [-0.15, -0.1) is 0 Å². The molecule has 2 unspecified atom stereocenters. The minimum Gasteiger partial charge on any atom is -0.299 e. The van der Waals surface area contributed by atoms with E-state index < -0.39 is 5.92 Å². The Morgan fingerprint density at radius 3 is 2.33 bits per heavy atom. The monoisotopic (exact) mass is 210 g/mol. The van der Waals surface area contributed by atoms with E-state index >= 15 is 0 Å². The molecule has 0 aliphatic rings. The summed E-state index contributed by atoms with van der Waals surface area (Å²) in [6.45, 7) is 7.51. The quantitative estimate of drug-likeness (QED) is 0.478. The highest BCUT2D eigenvalue weighted by molar-refractivity contribution is 6.02. The summed E-state index contributed by atoms with van der Waals surface area (Å²) in [4.78, 5) is 23.3. The Hall–Kier alpha value is -0.920. The number of Topliss-reactive ketones (excluding diaryl/α,β-unsaturated/α-hetero) is 2. The maximum absolute atomic E-state index is 11.8. The average molecular weight is 210 g/mol. The highest BCUT2D eigenvalue weighted by Crippen LogP contribution is 2.14. The summed E-state index contributed by atoms with van der Waals surface area (Å²) >= 11 is 0. The number of hydrogen-bond acceptors (Lipinski definition) is 2. The van der Waals surface area contributed by atoms with Crippen molar-refractivity contribution in [1.82, 2.24) is 0 Å². The summed E-state index contributed by atoms with van der Waals surface area (Å²) < 4.78 is 0. The zero-order valence-corrected chi connectivity index (χ0v) is 10.2. The molecule has 0 rings (SSSR count). The molecule has 0 aromatic carbocycles. The van der Waals surface area contributed by atoms with Gasteiger partial charge in [0.2, 0.25) is 0 Å². The molecule has 86 valence electrons. The predicted octanol–water partition coefficient (Wildman–Crippen LogP) is 3.16. The standard InChI is InChI=1S/C13H22O2/c1-5-7-9-10(3)13(15)11(4)12(14)8-6-2/h5,7,10-11H,6,8-9H2,1-4H3. The first kappa shape index (κ1) is 14.1. The lowest BCUT2D eigenvalue weighted by Crippen LogP contribution is -2.26. The van der Waals surface area contributed by atoms with Gasteiger partial charge in [-0.25, -0.2) is 0 Å². The van der Waals surface area contributed by atoms with E-state index in [1.807, 2.05) is 32.9 Å². The molecular weight excluding hydrogens is 188 g/mol. The van der Waals surface area contributed by atoms with Crippen LogP contribution in [0, 0.1) is 11.8 Å². The number of carbonyl (C=O) groups is 2. The number of ketones is 2. The van der Waals surface area contributed by atoms with Gasteiger partial charge in [0.05, 0.1) is 5.92 Å². The summed E-state index contributed by atoms with van der Waals surface area (Å²) in [5.41, 5.74) is 0. The van der Waals surface area contributed by atoms with Crippen molar-refractivity contribution in [3.63, 3.8) is 0 Å². The van der Waals surface area contributed by atoms with Crippen LogP contribution in [0.3, 0.4) is 0 Å². The summed E-state index contributed by atoms with van der Waals surface area (Å²) in [6, 6.07) is 0. The van der Waals surface area contributed by atoms with E-state index in [1.165, 1.54) is 0 Å². The fourth-order valence-corrected chi connectivity index (χ4v) is 1.50. The Labute approximate surface area is 92.8 Å². The number of rotatable bonds is 7. The van der Waals surface area contributed by atoms with Crippen molar-refractivity contribution in [2.45, 2.75) is 47.0 Å². The molecule has 2 nitrogen and oxygen atoms in total. The second-order valence-electron chi connectivity index (χ2n) is 4.05. The third kappa shape index (κ3) is 4.91. The van der Waals surface area contributed by atoms with Crippen LogP contribution in [0.2, 0.25) is 0 Å². The molecular formula is C13H22O2. The first-order valence-corrected chi connectivity index (χ1v) is 5.72. The van der Waals surface area contributed by atoms with Crippen molar-refractivity contribution in [2.24, 2.45) is 11.8 Å². The van der Waals surface area contributed by atoms with E-state index in [4.69, 9.17) is 0 Å². The Kier molecular flexibility index (Phi) is 6.93. The molecule has 0 heterocycles. The molecule has 0 radical (unpaired) electrons. The Balaban J connectivity index is 4.24. The third-order valence-electron chi connectivity index (χ3n) is 2.62. The van der Waals surface area contributed by atoms with E-state index in [0.717, 1.165) is 12.8 Å². The average Bonchev–Trinajstić information content (AvgIpc) is 2.24. The summed E-state index contributed by atoms with van der Waals surface area (Å²) in [7, 11) is 0. The molecule has 0 saturated heterocycles. The first-order chi connectivity index (χ1) is 7.04.